The van der Waals surface area contributed by atoms with Gasteiger partial charge in [0.25, 0.3) is 5.91 Å². The molecular formula is C16H15N3O2. The fourth-order valence-electron chi connectivity index (χ4n) is 2.41. The fourth-order valence-corrected chi connectivity index (χ4v) is 2.41. The summed E-state index contributed by atoms with van der Waals surface area (Å²) < 4.78 is 1.61. The Bertz CT molecular complexity index is 837. The smallest absolute Gasteiger partial charge is 0.259 e. The minimum atomic E-state index is -0.212. The van der Waals surface area contributed by atoms with E-state index in [0.29, 0.717) is 22.3 Å². The Balaban J connectivity index is 2.01. The molecular weight excluding hydrogens is 266 g/mol. The van der Waals surface area contributed by atoms with E-state index >= 15 is 0 Å². The van der Waals surface area contributed by atoms with Crippen molar-refractivity contribution in [3.63, 3.8) is 0 Å². The Morgan fingerprint density at radius 3 is 2.62 bits per heavy atom. The molecule has 5 nitrogen and oxygen atoms in total. The van der Waals surface area contributed by atoms with E-state index in [4.69, 9.17) is 0 Å². The maximum absolute atomic E-state index is 12.3. The van der Waals surface area contributed by atoms with Crippen LogP contribution in [0.15, 0.2) is 42.6 Å². The number of carbonyl (C=O) groups is 1. The number of hydrogen-bond acceptors (Lipinski definition) is 3. The average molecular weight is 281 g/mol. The number of rotatable bonds is 2. The molecule has 106 valence electrons. The van der Waals surface area contributed by atoms with Crippen molar-refractivity contribution in [3.05, 3.63) is 53.9 Å². The molecule has 0 unspecified atom stereocenters. The molecule has 0 aliphatic heterocycles. The van der Waals surface area contributed by atoms with Crippen LogP contribution in [0.5, 0.6) is 5.75 Å². The van der Waals surface area contributed by atoms with Crippen molar-refractivity contribution in [1.29, 1.82) is 0 Å². The normalized spacial score (nSPS) is 10.8. The lowest BCUT2D eigenvalue weighted by molar-refractivity contribution is 0.102. The highest BCUT2D eigenvalue weighted by atomic mass is 16.3. The molecule has 0 bridgehead atoms. The highest BCUT2D eigenvalue weighted by Crippen LogP contribution is 2.30. The van der Waals surface area contributed by atoms with Crippen molar-refractivity contribution in [2.75, 3.05) is 5.32 Å². The number of aromatic hydroxyl groups is 1. The van der Waals surface area contributed by atoms with Gasteiger partial charge in [-0.2, -0.15) is 5.10 Å². The summed E-state index contributed by atoms with van der Waals surface area (Å²) in [5, 5.41) is 18.4. The lowest BCUT2D eigenvalue weighted by atomic mass is 10.1. The minimum absolute atomic E-state index is 0.196. The van der Waals surface area contributed by atoms with Crippen LogP contribution in [0.25, 0.3) is 10.8 Å². The van der Waals surface area contributed by atoms with E-state index in [0.717, 1.165) is 5.39 Å². The van der Waals surface area contributed by atoms with Gasteiger partial charge in [-0.25, -0.2) is 0 Å². The zero-order valence-corrected chi connectivity index (χ0v) is 11.8. The number of aromatic nitrogens is 2. The second-order valence-corrected chi connectivity index (χ2v) is 4.93. The number of benzene rings is 2. The molecule has 1 aromatic heterocycles. The fraction of sp³-hybridized carbons (Fsp3) is 0.125. The number of phenolic OH excluding ortho intramolecular Hbond substituents is 1. The Morgan fingerprint density at radius 1 is 1.19 bits per heavy atom. The summed E-state index contributed by atoms with van der Waals surface area (Å²) in [6.45, 7) is 1.80. The summed E-state index contributed by atoms with van der Waals surface area (Å²) in [6.07, 6.45) is 1.69. The third-order valence-corrected chi connectivity index (χ3v) is 3.41. The number of hydrogen-bond donors (Lipinski definition) is 2. The Morgan fingerprint density at radius 2 is 1.90 bits per heavy atom. The standard InChI is InChI=1S/C16H15N3O2/c1-10-13(9-19(2)18-10)16(21)17-14-7-3-6-12-11(14)5-4-8-15(12)20/h3-9,20H,1-2H3,(H,17,21). The molecule has 2 N–H and O–H groups in total. The van der Waals surface area contributed by atoms with E-state index in [1.165, 1.54) is 0 Å². The van der Waals surface area contributed by atoms with Gasteiger partial charge in [0.1, 0.15) is 5.75 Å². The van der Waals surface area contributed by atoms with E-state index < -0.39 is 0 Å². The molecule has 5 heteroatoms. The van der Waals surface area contributed by atoms with Gasteiger partial charge in [-0.3, -0.25) is 9.48 Å². The van der Waals surface area contributed by atoms with Gasteiger partial charge in [0, 0.05) is 29.7 Å². The van der Waals surface area contributed by atoms with Crippen molar-refractivity contribution >= 4 is 22.4 Å². The van der Waals surface area contributed by atoms with Gasteiger partial charge in [-0.15, -0.1) is 0 Å². The van der Waals surface area contributed by atoms with Crippen molar-refractivity contribution < 1.29 is 9.90 Å². The molecule has 1 heterocycles. The number of nitrogens with one attached hydrogen (secondary N) is 1. The number of fused-ring (bicyclic) bond motifs is 1. The lowest BCUT2D eigenvalue weighted by Crippen LogP contribution is -2.12. The Hall–Kier alpha value is -2.82. The minimum Gasteiger partial charge on any atom is -0.507 e. The van der Waals surface area contributed by atoms with E-state index in [9.17, 15) is 9.90 Å². The van der Waals surface area contributed by atoms with Crippen molar-refractivity contribution in [1.82, 2.24) is 9.78 Å². The lowest BCUT2D eigenvalue weighted by Gasteiger charge is -2.09. The zero-order chi connectivity index (χ0) is 15.0. The summed E-state index contributed by atoms with van der Waals surface area (Å²) in [5.74, 6) is -0.0161. The van der Waals surface area contributed by atoms with Gasteiger partial charge in [-0.05, 0) is 19.1 Å². The van der Waals surface area contributed by atoms with Crippen LogP contribution in [0.2, 0.25) is 0 Å². The molecule has 3 aromatic rings. The van der Waals surface area contributed by atoms with Crippen molar-refractivity contribution in [2.24, 2.45) is 7.05 Å². The second kappa shape index (κ2) is 4.94. The molecule has 0 aliphatic carbocycles. The molecule has 1 amide bonds. The van der Waals surface area contributed by atoms with Gasteiger partial charge in [0.15, 0.2) is 0 Å². The first-order valence-corrected chi connectivity index (χ1v) is 6.58. The van der Waals surface area contributed by atoms with Gasteiger partial charge in [0.05, 0.1) is 11.3 Å². The number of aryl methyl sites for hydroxylation is 2. The van der Waals surface area contributed by atoms with Crippen LogP contribution in [0.1, 0.15) is 16.1 Å². The molecule has 3 rings (SSSR count). The van der Waals surface area contributed by atoms with Crippen molar-refractivity contribution in [3.8, 4) is 5.75 Å². The number of carbonyl (C=O) groups excluding carboxylic acids is 1. The van der Waals surface area contributed by atoms with E-state index in [1.54, 1.807) is 43.0 Å². The van der Waals surface area contributed by atoms with Crippen LogP contribution in [0, 0.1) is 6.92 Å². The van der Waals surface area contributed by atoms with E-state index in [2.05, 4.69) is 10.4 Å². The predicted molar refractivity (Wildman–Crippen MR) is 81.5 cm³/mol. The van der Waals surface area contributed by atoms with E-state index in [-0.39, 0.29) is 11.7 Å². The summed E-state index contributed by atoms with van der Waals surface area (Å²) in [5.41, 5.74) is 1.88. The first kappa shape index (κ1) is 13.2. The summed E-state index contributed by atoms with van der Waals surface area (Å²) in [7, 11) is 1.78. The van der Waals surface area contributed by atoms with Gasteiger partial charge in [0.2, 0.25) is 0 Å². The highest BCUT2D eigenvalue weighted by molar-refractivity contribution is 6.10. The Labute approximate surface area is 121 Å². The third kappa shape index (κ3) is 2.33. The third-order valence-electron chi connectivity index (χ3n) is 3.41. The van der Waals surface area contributed by atoms with Crippen LogP contribution in [-0.2, 0) is 7.05 Å². The van der Waals surface area contributed by atoms with Crippen LogP contribution in [0.3, 0.4) is 0 Å². The predicted octanol–water partition coefficient (Wildman–Crippen LogP) is 2.84. The van der Waals surface area contributed by atoms with Crippen LogP contribution in [0.4, 0.5) is 5.69 Å². The van der Waals surface area contributed by atoms with Crippen molar-refractivity contribution in [2.45, 2.75) is 6.92 Å². The van der Waals surface area contributed by atoms with Gasteiger partial charge in [-0.1, -0.05) is 24.3 Å². The first-order chi connectivity index (χ1) is 10.1. The number of nitrogens with zero attached hydrogens (tertiary/aromatic N) is 2. The van der Waals surface area contributed by atoms with Gasteiger partial charge >= 0.3 is 0 Å². The number of phenols is 1. The zero-order valence-electron chi connectivity index (χ0n) is 11.8. The summed E-state index contributed by atoms with van der Waals surface area (Å²) in [4.78, 5) is 12.3. The summed E-state index contributed by atoms with van der Waals surface area (Å²) in [6, 6.07) is 10.7. The molecule has 0 radical (unpaired) electrons. The molecule has 2 aromatic carbocycles. The largest absolute Gasteiger partial charge is 0.507 e. The van der Waals surface area contributed by atoms with Gasteiger partial charge < -0.3 is 10.4 Å². The van der Waals surface area contributed by atoms with E-state index in [1.807, 2.05) is 18.2 Å². The molecule has 0 spiro atoms. The van der Waals surface area contributed by atoms with Crippen LogP contribution < -0.4 is 5.32 Å². The topological polar surface area (TPSA) is 67.2 Å². The van der Waals surface area contributed by atoms with Crippen LogP contribution in [-0.4, -0.2) is 20.8 Å². The Kier molecular flexibility index (Phi) is 3.10. The SMILES string of the molecule is Cc1nn(C)cc1C(=O)Nc1cccc2c(O)cccc12. The molecule has 0 atom stereocenters. The monoisotopic (exact) mass is 281 g/mol. The molecule has 0 fully saturated rings. The summed E-state index contributed by atoms with van der Waals surface area (Å²) >= 11 is 0. The molecule has 0 saturated heterocycles. The highest BCUT2D eigenvalue weighted by Gasteiger charge is 2.14. The number of amides is 1. The maximum atomic E-state index is 12.3. The van der Waals surface area contributed by atoms with Crippen LogP contribution >= 0.6 is 0 Å². The molecule has 0 aliphatic rings. The average Bonchev–Trinajstić information content (AvgIpc) is 2.79. The quantitative estimate of drug-likeness (QED) is 0.759. The molecule has 0 saturated carbocycles. The molecule has 21 heavy (non-hydrogen) atoms. The second-order valence-electron chi connectivity index (χ2n) is 4.93. The number of anilines is 1. The first-order valence-electron chi connectivity index (χ1n) is 6.58. The maximum Gasteiger partial charge on any atom is 0.259 e.